The molecule has 0 aliphatic heterocycles. The van der Waals surface area contributed by atoms with Crippen molar-refractivity contribution in [1.82, 2.24) is 0 Å². The predicted octanol–water partition coefficient (Wildman–Crippen LogP) is 3.67. The number of carbonyl (C=O) groups excluding carboxylic acids is 1. The van der Waals surface area contributed by atoms with Gasteiger partial charge in [0, 0.05) is 5.69 Å². The fourth-order valence-corrected chi connectivity index (χ4v) is 2.22. The molecule has 0 saturated carbocycles. The number of nitrogens with one attached hydrogen (secondary N) is 2. The van der Waals surface area contributed by atoms with E-state index < -0.39 is 0 Å². The maximum absolute atomic E-state index is 12.1. The van der Waals surface area contributed by atoms with Gasteiger partial charge in [0.15, 0.2) is 0 Å². The second kappa shape index (κ2) is 6.98. The second-order valence-electron chi connectivity index (χ2n) is 5.42. The van der Waals surface area contributed by atoms with Crippen molar-refractivity contribution in [2.24, 2.45) is 0 Å². The number of anilines is 2. The molecule has 0 saturated heterocycles. The molecule has 0 heterocycles. The normalized spacial score (nSPS) is 10.2. The van der Waals surface area contributed by atoms with Crippen LogP contribution in [0.2, 0.25) is 0 Å². The molecular formula is C18H22N2O2. The van der Waals surface area contributed by atoms with Crippen LogP contribution in [0.15, 0.2) is 36.4 Å². The molecule has 0 aromatic heterocycles. The molecule has 0 aliphatic rings. The summed E-state index contributed by atoms with van der Waals surface area (Å²) in [6.07, 6.45) is 0. The number of ether oxygens (including phenoxy) is 1. The summed E-state index contributed by atoms with van der Waals surface area (Å²) in [5.41, 5.74) is 5.01. The molecule has 2 aromatic rings. The Kier molecular flexibility index (Phi) is 5.04. The minimum absolute atomic E-state index is 0.107. The monoisotopic (exact) mass is 298 g/mol. The van der Waals surface area contributed by atoms with Gasteiger partial charge in [-0.2, -0.15) is 0 Å². The molecule has 116 valence electrons. The van der Waals surface area contributed by atoms with E-state index in [1.165, 1.54) is 0 Å². The first-order chi connectivity index (χ1) is 10.5. The van der Waals surface area contributed by atoms with Gasteiger partial charge < -0.3 is 15.4 Å². The molecule has 2 N–H and O–H groups in total. The molecule has 1 amide bonds. The molecule has 0 spiro atoms. The molecule has 0 aliphatic carbocycles. The molecule has 0 radical (unpaired) electrons. The summed E-state index contributed by atoms with van der Waals surface area (Å²) in [4.78, 5) is 12.1. The average molecular weight is 298 g/mol. The fourth-order valence-electron chi connectivity index (χ4n) is 2.22. The predicted molar refractivity (Wildman–Crippen MR) is 90.8 cm³/mol. The number of amides is 1. The molecule has 2 aromatic carbocycles. The van der Waals surface area contributed by atoms with Crippen LogP contribution in [0.1, 0.15) is 16.7 Å². The zero-order valence-corrected chi connectivity index (χ0v) is 13.5. The minimum Gasteiger partial charge on any atom is -0.495 e. The Labute approximate surface area is 131 Å². The van der Waals surface area contributed by atoms with E-state index in [-0.39, 0.29) is 12.5 Å². The van der Waals surface area contributed by atoms with Crippen LogP contribution in [0, 0.1) is 20.8 Å². The lowest BCUT2D eigenvalue weighted by Gasteiger charge is -2.13. The van der Waals surface area contributed by atoms with Crippen molar-refractivity contribution in [2.75, 3.05) is 24.3 Å². The Bertz CT molecular complexity index is 681. The van der Waals surface area contributed by atoms with Gasteiger partial charge in [0.05, 0.1) is 19.3 Å². The lowest BCUT2D eigenvalue weighted by molar-refractivity contribution is -0.114. The van der Waals surface area contributed by atoms with E-state index in [2.05, 4.69) is 16.7 Å². The minimum atomic E-state index is -0.107. The maximum atomic E-state index is 12.1. The van der Waals surface area contributed by atoms with E-state index in [1.807, 2.05) is 51.1 Å². The topological polar surface area (TPSA) is 50.4 Å². The van der Waals surface area contributed by atoms with Crippen molar-refractivity contribution in [3.8, 4) is 5.75 Å². The van der Waals surface area contributed by atoms with Crippen LogP contribution in [0.25, 0.3) is 0 Å². The molecule has 4 nitrogen and oxygen atoms in total. The Hall–Kier alpha value is -2.49. The van der Waals surface area contributed by atoms with E-state index in [0.717, 1.165) is 22.4 Å². The van der Waals surface area contributed by atoms with Gasteiger partial charge in [-0.1, -0.05) is 18.2 Å². The number of methoxy groups -OCH3 is 1. The molecule has 2 rings (SSSR count). The van der Waals surface area contributed by atoms with E-state index in [4.69, 9.17) is 4.74 Å². The summed E-state index contributed by atoms with van der Waals surface area (Å²) in [7, 11) is 1.59. The van der Waals surface area contributed by atoms with Gasteiger partial charge in [-0.25, -0.2) is 0 Å². The first-order valence-corrected chi connectivity index (χ1v) is 7.25. The highest BCUT2D eigenvalue weighted by molar-refractivity contribution is 5.95. The van der Waals surface area contributed by atoms with Gasteiger partial charge in [-0.05, 0) is 55.7 Å². The Morgan fingerprint density at radius 1 is 1.00 bits per heavy atom. The third kappa shape index (κ3) is 4.01. The largest absolute Gasteiger partial charge is 0.495 e. The Morgan fingerprint density at radius 3 is 2.32 bits per heavy atom. The highest BCUT2D eigenvalue weighted by Crippen LogP contribution is 2.25. The van der Waals surface area contributed by atoms with Crippen LogP contribution in [-0.4, -0.2) is 19.6 Å². The third-order valence-electron chi connectivity index (χ3n) is 3.46. The van der Waals surface area contributed by atoms with Crippen LogP contribution in [0.5, 0.6) is 5.75 Å². The number of hydrogen-bond acceptors (Lipinski definition) is 3. The summed E-state index contributed by atoms with van der Waals surface area (Å²) < 4.78 is 5.26. The standard InChI is InChI=1S/C18H22N2O2/c1-12-5-7-14(3)15(9-12)19-11-18(21)20-16-10-13(2)6-8-17(16)22-4/h5-10,19H,11H2,1-4H3,(H,20,21). The lowest BCUT2D eigenvalue weighted by Crippen LogP contribution is -2.22. The van der Waals surface area contributed by atoms with Gasteiger partial charge >= 0.3 is 0 Å². The maximum Gasteiger partial charge on any atom is 0.243 e. The molecule has 0 fully saturated rings. The number of rotatable bonds is 5. The van der Waals surface area contributed by atoms with Crippen molar-refractivity contribution in [1.29, 1.82) is 0 Å². The van der Waals surface area contributed by atoms with Gasteiger partial charge in [0.25, 0.3) is 0 Å². The van der Waals surface area contributed by atoms with Crippen LogP contribution < -0.4 is 15.4 Å². The highest BCUT2D eigenvalue weighted by Gasteiger charge is 2.08. The first-order valence-electron chi connectivity index (χ1n) is 7.25. The molecular weight excluding hydrogens is 276 g/mol. The smallest absolute Gasteiger partial charge is 0.243 e. The fraction of sp³-hybridized carbons (Fsp3) is 0.278. The van der Waals surface area contributed by atoms with Crippen LogP contribution in [0.3, 0.4) is 0 Å². The first kappa shape index (κ1) is 15.9. The summed E-state index contributed by atoms with van der Waals surface area (Å²) in [6, 6.07) is 11.8. The van der Waals surface area contributed by atoms with E-state index in [1.54, 1.807) is 7.11 Å². The SMILES string of the molecule is COc1ccc(C)cc1NC(=O)CNc1cc(C)ccc1C. The number of benzene rings is 2. The van der Waals surface area contributed by atoms with E-state index in [9.17, 15) is 4.79 Å². The van der Waals surface area contributed by atoms with Crippen LogP contribution in [0.4, 0.5) is 11.4 Å². The second-order valence-corrected chi connectivity index (χ2v) is 5.42. The van der Waals surface area contributed by atoms with Gasteiger partial charge in [0.2, 0.25) is 5.91 Å². The molecule has 0 unspecified atom stereocenters. The summed E-state index contributed by atoms with van der Waals surface area (Å²) >= 11 is 0. The number of carbonyl (C=O) groups is 1. The van der Waals surface area contributed by atoms with Gasteiger partial charge in [0.1, 0.15) is 5.75 Å². The zero-order chi connectivity index (χ0) is 16.1. The van der Waals surface area contributed by atoms with Crippen LogP contribution >= 0.6 is 0 Å². The van der Waals surface area contributed by atoms with Crippen molar-refractivity contribution < 1.29 is 9.53 Å². The number of aryl methyl sites for hydroxylation is 3. The quantitative estimate of drug-likeness (QED) is 0.885. The van der Waals surface area contributed by atoms with Crippen molar-refractivity contribution in [3.63, 3.8) is 0 Å². The van der Waals surface area contributed by atoms with Crippen molar-refractivity contribution >= 4 is 17.3 Å². The molecule has 22 heavy (non-hydrogen) atoms. The highest BCUT2D eigenvalue weighted by atomic mass is 16.5. The lowest BCUT2D eigenvalue weighted by atomic mass is 10.1. The summed E-state index contributed by atoms with van der Waals surface area (Å²) in [5.74, 6) is 0.551. The van der Waals surface area contributed by atoms with E-state index in [0.29, 0.717) is 11.4 Å². The third-order valence-corrected chi connectivity index (χ3v) is 3.46. The average Bonchev–Trinajstić information content (AvgIpc) is 2.48. The molecule has 0 atom stereocenters. The van der Waals surface area contributed by atoms with E-state index >= 15 is 0 Å². The summed E-state index contributed by atoms with van der Waals surface area (Å²) in [6.45, 7) is 6.23. The Balaban J connectivity index is 2.01. The van der Waals surface area contributed by atoms with Crippen molar-refractivity contribution in [2.45, 2.75) is 20.8 Å². The Morgan fingerprint density at radius 2 is 1.64 bits per heavy atom. The summed E-state index contributed by atoms with van der Waals surface area (Å²) in [5, 5.41) is 6.05. The molecule has 4 heteroatoms. The van der Waals surface area contributed by atoms with Gasteiger partial charge in [-0.3, -0.25) is 4.79 Å². The van der Waals surface area contributed by atoms with Gasteiger partial charge in [-0.15, -0.1) is 0 Å². The van der Waals surface area contributed by atoms with Crippen molar-refractivity contribution in [3.05, 3.63) is 53.1 Å². The number of hydrogen-bond donors (Lipinski definition) is 2. The zero-order valence-electron chi connectivity index (χ0n) is 13.5. The molecule has 0 bridgehead atoms. The van der Waals surface area contributed by atoms with Crippen LogP contribution in [-0.2, 0) is 4.79 Å².